The van der Waals surface area contributed by atoms with Crippen LogP contribution in [0.1, 0.15) is 37.5 Å². The summed E-state index contributed by atoms with van der Waals surface area (Å²) in [5, 5.41) is 0.515. The number of ether oxygens (including phenoxy) is 3. The fourth-order valence-electron chi connectivity index (χ4n) is 3.90. The van der Waals surface area contributed by atoms with Crippen molar-refractivity contribution in [1.29, 1.82) is 0 Å². The van der Waals surface area contributed by atoms with Crippen LogP contribution in [0.4, 0.5) is 17.6 Å². The first kappa shape index (κ1) is 27.7. The predicted octanol–water partition coefficient (Wildman–Crippen LogP) is 6.05. The number of halogens is 4. The highest BCUT2D eigenvalue weighted by Gasteiger charge is 2.45. The number of pyridine rings is 2. The lowest BCUT2D eigenvalue weighted by Gasteiger charge is -2.24. The number of hydrogen-bond donors (Lipinski definition) is 0. The lowest BCUT2D eigenvalue weighted by Crippen LogP contribution is -2.32. The van der Waals surface area contributed by atoms with Crippen molar-refractivity contribution >= 4 is 33.7 Å². The SMILES string of the molecule is COC(=O)C(F)(F)c1ccc2nc(OC(=O)C(F)(F)c3ccc4ncc(OC)cc4c3)c(C(C)(C)C)cc2c1. The Morgan fingerprint density at radius 3 is 1.90 bits per heavy atom. The molecule has 2 aromatic carbocycles. The summed E-state index contributed by atoms with van der Waals surface area (Å²) in [5.74, 6) is -11.6. The van der Waals surface area contributed by atoms with Crippen LogP contribution in [0.2, 0.25) is 0 Å². The zero-order chi connectivity index (χ0) is 28.8. The molecule has 2 aromatic heterocycles. The molecule has 0 bridgehead atoms. The van der Waals surface area contributed by atoms with Gasteiger partial charge in [-0.3, -0.25) is 4.98 Å². The van der Waals surface area contributed by atoms with Gasteiger partial charge in [0.05, 0.1) is 31.4 Å². The molecule has 0 atom stereocenters. The Balaban J connectivity index is 1.74. The van der Waals surface area contributed by atoms with E-state index in [1.54, 1.807) is 20.8 Å². The lowest BCUT2D eigenvalue weighted by molar-refractivity contribution is -0.170. The first-order valence-corrected chi connectivity index (χ1v) is 11.6. The molecule has 0 aliphatic rings. The van der Waals surface area contributed by atoms with E-state index in [4.69, 9.17) is 9.47 Å². The highest BCUT2D eigenvalue weighted by atomic mass is 19.3. The molecule has 0 aliphatic carbocycles. The van der Waals surface area contributed by atoms with Gasteiger partial charge in [-0.1, -0.05) is 32.9 Å². The number of alkyl halides is 4. The Bertz CT molecular complexity index is 1600. The van der Waals surface area contributed by atoms with Crippen LogP contribution in [-0.4, -0.2) is 36.1 Å². The molecule has 0 N–H and O–H groups in total. The number of hydrogen-bond acceptors (Lipinski definition) is 7. The minimum absolute atomic E-state index is 0.0856. The fraction of sp³-hybridized carbons (Fsp3) is 0.286. The van der Waals surface area contributed by atoms with Gasteiger partial charge in [-0.25, -0.2) is 14.6 Å². The Labute approximate surface area is 220 Å². The van der Waals surface area contributed by atoms with E-state index in [1.807, 2.05) is 0 Å². The molecule has 7 nitrogen and oxygen atoms in total. The van der Waals surface area contributed by atoms with Crippen molar-refractivity contribution in [3.8, 4) is 11.6 Å². The Morgan fingerprint density at radius 2 is 1.33 bits per heavy atom. The molecule has 0 radical (unpaired) electrons. The molecule has 0 saturated carbocycles. The minimum Gasteiger partial charge on any atom is -0.495 e. The molecule has 204 valence electrons. The van der Waals surface area contributed by atoms with Gasteiger partial charge in [0.2, 0.25) is 5.88 Å². The van der Waals surface area contributed by atoms with Crippen LogP contribution in [0.3, 0.4) is 0 Å². The number of nitrogens with zero attached hydrogens (tertiary/aromatic N) is 2. The van der Waals surface area contributed by atoms with Gasteiger partial charge in [-0.05, 0) is 41.8 Å². The number of rotatable bonds is 6. The van der Waals surface area contributed by atoms with Gasteiger partial charge in [0.1, 0.15) is 5.75 Å². The van der Waals surface area contributed by atoms with Crippen molar-refractivity contribution in [2.24, 2.45) is 0 Å². The van der Waals surface area contributed by atoms with Gasteiger partial charge in [-0.15, -0.1) is 0 Å². The van der Waals surface area contributed by atoms with E-state index in [0.29, 0.717) is 16.7 Å². The predicted molar refractivity (Wildman–Crippen MR) is 134 cm³/mol. The average Bonchev–Trinajstić information content (AvgIpc) is 2.90. The summed E-state index contributed by atoms with van der Waals surface area (Å²) >= 11 is 0. The minimum atomic E-state index is -4.06. The van der Waals surface area contributed by atoms with Crippen LogP contribution in [0.15, 0.2) is 54.7 Å². The summed E-state index contributed by atoms with van der Waals surface area (Å²) in [6.45, 7) is 5.13. The first-order chi connectivity index (χ1) is 18.2. The largest absolute Gasteiger partial charge is 0.495 e. The summed E-state index contributed by atoms with van der Waals surface area (Å²) < 4.78 is 73.9. The maximum atomic E-state index is 15.3. The quantitative estimate of drug-likeness (QED) is 0.216. The summed E-state index contributed by atoms with van der Waals surface area (Å²) in [6.07, 6.45) is 1.44. The summed E-state index contributed by atoms with van der Waals surface area (Å²) in [6, 6.07) is 9.64. The standard InChI is InChI=1S/C28H24F4N2O5/c1-26(2,3)20-13-16-11-17(27(29,30)24(35)38-5)7-9-22(16)34-23(20)39-25(36)28(31,32)18-6-8-21-15(10-18)12-19(37-4)14-33-21/h6-14H,1-5H3. The maximum absolute atomic E-state index is 15.3. The van der Waals surface area contributed by atoms with Gasteiger partial charge in [0.25, 0.3) is 0 Å². The molecule has 0 unspecified atom stereocenters. The highest BCUT2D eigenvalue weighted by Crippen LogP contribution is 2.38. The van der Waals surface area contributed by atoms with Gasteiger partial charge >= 0.3 is 23.8 Å². The van der Waals surface area contributed by atoms with Crippen LogP contribution in [0.5, 0.6) is 11.6 Å². The zero-order valence-electron chi connectivity index (χ0n) is 21.6. The van der Waals surface area contributed by atoms with E-state index >= 15 is 8.78 Å². The Hall–Kier alpha value is -4.28. The molecule has 2 heterocycles. The first-order valence-electron chi connectivity index (χ1n) is 11.6. The van der Waals surface area contributed by atoms with Crippen LogP contribution >= 0.6 is 0 Å². The van der Waals surface area contributed by atoms with Crippen molar-refractivity contribution in [2.75, 3.05) is 14.2 Å². The van der Waals surface area contributed by atoms with Crippen molar-refractivity contribution in [3.63, 3.8) is 0 Å². The number of fused-ring (bicyclic) bond motifs is 2. The average molecular weight is 545 g/mol. The molecular weight excluding hydrogens is 520 g/mol. The monoisotopic (exact) mass is 544 g/mol. The van der Waals surface area contributed by atoms with Crippen molar-refractivity contribution < 1.29 is 41.4 Å². The molecule has 11 heteroatoms. The van der Waals surface area contributed by atoms with Crippen LogP contribution < -0.4 is 9.47 Å². The lowest BCUT2D eigenvalue weighted by atomic mass is 9.86. The number of benzene rings is 2. The van der Waals surface area contributed by atoms with E-state index in [2.05, 4.69) is 14.7 Å². The summed E-state index contributed by atoms with van der Waals surface area (Å²) in [4.78, 5) is 32.7. The second kappa shape index (κ2) is 9.79. The molecule has 0 aliphatic heterocycles. The number of esters is 2. The molecule has 39 heavy (non-hydrogen) atoms. The fourth-order valence-corrected chi connectivity index (χ4v) is 3.90. The molecule has 4 rings (SSSR count). The second-order valence-electron chi connectivity index (χ2n) is 9.81. The van der Waals surface area contributed by atoms with Crippen molar-refractivity contribution in [2.45, 2.75) is 38.0 Å². The Morgan fingerprint density at radius 1 is 0.769 bits per heavy atom. The second-order valence-corrected chi connectivity index (χ2v) is 9.81. The third-order valence-electron chi connectivity index (χ3n) is 6.09. The van der Waals surface area contributed by atoms with Gasteiger partial charge in [0.15, 0.2) is 0 Å². The molecule has 0 spiro atoms. The van der Waals surface area contributed by atoms with E-state index in [-0.39, 0.29) is 16.5 Å². The molecule has 4 aromatic rings. The number of carbonyl (C=O) groups is 2. The van der Waals surface area contributed by atoms with Crippen molar-refractivity contribution in [3.05, 3.63) is 71.4 Å². The topological polar surface area (TPSA) is 87.6 Å². The number of aromatic nitrogens is 2. The summed E-state index contributed by atoms with van der Waals surface area (Å²) in [7, 11) is 2.26. The summed E-state index contributed by atoms with van der Waals surface area (Å²) in [5.41, 5.74) is -1.33. The third-order valence-corrected chi connectivity index (χ3v) is 6.09. The third kappa shape index (κ3) is 5.21. The number of carbonyl (C=O) groups excluding carboxylic acids is 2. The van der Waals surface area contributed by atoms with Gasteiger partial charge in [-0.2, -0.15) is 17.6 Å². The van der Waals surface area contributed by atoms with E-state index < -0.39 is 46.2 Å². The van der Waals surface area contributed by atoms with E-state index in [9.17, 15) is 18.4 Å². The van der Waals surface area contributed by atoms with E-state index in [1.165, 1.54) is 37.6 Å². The molecule has 0 fully saturated rings. The smallest absolute Gasteiger partial charge is 0.388 e. The molecule has 0 amide bonds. The molecule has 0 saturated heterocycles. The van der Waals surface area contributed by atoms with Gasteiger partial charge < -0.3 is 14.2 Å². The van der Waals surface area contributed by atoms with Crippen LogP contribution in [0, 0.1) is 0 Å². The number of methoxy groups -OCH3 is 2. The van der Waals surface area contributed by atoms with Gasteiger partial charge in [0, 0.05) is 27.5 Å². The van der Waals surface area contributed by atoms with Crippen LogP contribution in [0.25, 0.3) is 21.8 Å². The van der Waals surface area contributed by atoms with Crippen molar-refractivity contribution in [1.82, 2.24) is 9.97 Å². The van der Waals surface area contributed by atoms with E-state index in [0.717, 1.165) is 31.4 Å². The van der Waals surface area contributed by atoms with Crippen LogP contribution in [-0.2, 0) is 31.6 Å². The zero-order valence-corrected chi connectivity index (χ0v) is 21.6. The highest BCUT2D eigenvalue weighted by molar-refractivity contribution is 5.88. The normalized spacial score (nSPS) is 12.4. The Kier molecular flexibility index (Phi) is 6.97. The maximum Gasteiger partial charge on any atom is 0.388 e. The molecular formula is C28H24F4N2O5.